The van der Waals surface area contributed by atoms with Crippen LogP contribution in [0.5, 0.6) is 0 Å². The number of likely N-dealkylation sites (tertiary alicyclic amines) is 1. The van der Waals surface area contributed by atoms with E-state index in [1.54, 1.807) is 17.0 Å². The zero-order valence-electron chi connectivity index (χ0n) is 21.9. The fourth-order valence-electron chi connectivity index (χ4n) is 5.63. The Morgan fingerprint density at radius 1 is 1.12 bits per heavy atom. The van der Waals surface area contributed by atoms with Crippen molar-refractivity contribution in [3.05, 3.63) is 60.3 Å². The van der Waals surface area contributed by atoms with Gasteiger partial charge >= 0.3 is 12.1 Å². The Kier molecular flexibility index (Phi) is 7.58. The lowest BCUT2D eigenvalue weighted by molar-refractivity contribution is -0.144. The first kappa shape index (κ1) is 28.7. The van der Waals surface area contributed by atoms with Crippen molar-refractivity contribution in [2.45, 2.75) is 50.2 Å². The molecule has 1 aliphatic carbocycles. The highest BCUT2D eigenvalue weighted by molar-refractivity contribution is 5.84. The van der Waals surface area contributed by atoms with Crippen LogP contribution in [-0.2, 0) is 15.8 Å². The minimum absolute atomic E-state index is 0.00642. The van der Waals surface area contributed by atoms with E-state index in [1.165, 1.54) is 41.2 Å². The number of aromatic nitrogens is 3. The zero-order chi connectivity index (χ0) is 29.4. The standard InChI is InChI=1S/C28H28F5N5O3/c29-27(30)10-5-14-36(17-27)15-9-22(26(11-12-26)25(40)41)37(18-39)24-16-21(38(35-24)23-8-3-4-13-34-23)19-6-1-2-7-20(19)28(31,32)33/h1-4,6-8,13,16,18,22H,5,9-12,14-15,17H2,(H,40,41)/t22-/m0/s1. The van der Waals surface area contributed by atoms with E-state index in [9.17, 15) is 36.6 Å². The number of carboxylic acid groups (broad SMARTS) is 1. The van der Waals surface area contributed by atoms with Crippen molar-refractivity contribution in [3.63, 3.8) is 0 Å². The van der Waals surface area contributed by atoms with Crippen LogP contribution in [0.2, 0.25) is 0 Å². The highest BCUT2D eigenvalue weighted by Crippen LogP contribution is 2.52. The summed E-state index contributed by atoms with van der Waals surface area (Å²) in [5.74, 6) is -3.88. The normalized spacial score (nSPS) is 19.0. The molecule has 0 unspecified atom stereocenters. The van der Waals surface area contributed by atoms with Gasteiger partial charge in [-0.15, -0.1) is 5.10 Å². The number of anilines is 1. The zero-order valence-corrected chi connectivity index (χ0v) is 21.9. The van der Waals surface area contributed by atoms with E-state index in [2.05, 4.69) is 10.1 Å². The maximum absolute atomic E-state index is 14.0. The predicted molar refractivity (Wildman–Crippen MR) is 139 cm³/mol. The summed E-state index contributed by atoms with van der Waals surface area (Å²) in [5, 5.41) is 14.5. The van der Waals surface area contributed by atoms with Crippen molar-refractivity contribution >= 4 is 18.2 Å². The molecule has 1 aromatic carbocycles. The Bertz CT molecular complexity index is 1410. The van der Waals surface area contributed by atoms with Crippen LogP contribution in [0, 0.1) is 5.41 Å². The average Bonchev–Trinajstić information content (AvgIpc) is 3.63. The maximum atomic E-state index is 14.0. The molecule has 1 saturated carbocycles. The molecule has 1 aliphatic heterocycles. The van der Waals surface area contributed by atoms with Crippen molar-refractivity contribution in [1.82, 2.24) is 19.7 Å². The number of rotatable bonds is 10. The molecule has 0 radical (unpaired) electrons. The van der Waals surface area contributed by atoms with Gasteiger partial charge in [0.25, 0.3) is 5.92 Å². The number of hydrogen-bond acceptors (Lipinski definition) is 5. The lowest BCUT2D eigenvalue weighted by atomic mass is 9.91. The second-order valence-corrected chi connectivity index (χ2v) is 10.5. The third kappa shape index (κ3) is 5.81. The van der Waals surface area contributed by atoms with Gasteiger partial charge in [-0.1, -0.05) is 24.3 Å². The SMILES string of the molecule is O=CN(c1cc(-c2ccccc2C(F)(F)F)n(-c2ccccn2)n1)[C@@H](CCN1CCCC(F)(F)C1)C1(C(=O)O)CC1. The third-order valence-corrected chi connectivity index (χ3v) is 7.83. The number of nitrogens with zero attached hydrogens (tertiary/aromatic N) is 5. The molecule has 1 amide bonds. The summed E-state index contributed by atoms with van der Waals surface area (Å²) in [7, 11) is 0. The fraction of sp³-hybridized carbons (Fsp3) is 0.429. The fourth-order valence-corrected chi connectivity index (χ4v) is 5.63. The molecule has 1 atom stereocenters. The number of carboxylic acids is 1. The van der Waals surface area contributed by atoms with Crippen LogP contribution in [0.1, 0.15) is 37.7 Å². The number of alkyl halides is 5. The van der Waals surface area contributed by atoms with E-state index in [1.807, 2.05) is 0 Å². The number of carbonyl (C=O) groups is 2. The largest absolute Gasteiger partial charge is 0.481 e. The van der Waals surface area contributed by atoms with Crippen molar-refractivity contribution < 1.29 is 36.6 Å². The Labute approximate surface area is 232 Å². The van der Waals surface area contributed by atoms with E-state index in [0.717, 1.165) is 11.0 Å². The van der Waals surface area contributed by atoms with Crippen LogP contribution in [0.15, 0.2) is 54.7 Å². The van der Waals surface area contributed by atoms with Gasteiger partial charge in [0.05, 0.1) is 29.3 Å². The number of aliphatic carboxylic acids is 1. The summed E-state index contributed by atoms with van der Waals surface area (Å²) in [6.07, 6.45) is -2.20. The number of carbonyl (C=O) groups excluding carboxylic acids is 1. The summed E-state index contributed by atoms with van der Waals surface area (Å²) in [6.45, 7) is 0.0635. The minimum atomic E-state index is -4.69. The molecule has 0 bridgehead atoms. The van der Waals surface area contributed by atoms with Gasteiger partial charge in [-0.2, -0.15) is 13.2 Å². The summed E-state index contributed by atoms with van der Waals surface area (Å²) in [6, 6.07) is 10.0. The van der Waals surface area contributed by atoms with Gasteiger partial charge in [-0.25, -0.2) is 18.4 Å². The van der Waals surface area contributed by atoms with E-state index in [-0.39, 0.29) is 61.5 Å². The van der Waals surface area contributed by atoms with Crippen LogP contribution < -0.4 is 4.90 Å². The third-order valence-electron chi connectivity index (χ3n) is 7.83. The number of amides is 1. The molecular weight excluding hydrogens is 549 g/mol. The Balaban J connectivity index is 1.57. The molecule has 218 valence electrons. The lowest BCUT2D eigenvalue weighted by Gasteiger charge is -2.36. The van der Waals surface area contributed by atoms with Gasteiger partial charge in [0.1, 0.15) is 0 Å². The topological polar surface area (TPSA) is 91.6 Å². The quantitative estimate of drug-likeness (QED) is 0.261. The van der Waals surface area contributed by atoms with Crippen LogP contribution >= 0.6 is 0 Å². The Morgan fingerprint density at radius 2 is 1.85 bits per heavy atom. The van der Waals surface area contributed by atoms with Gasteiger partial charge in [0, 0.05) is 30.8 Å². The van der Waals surface area contributed by atoms with E-state index in [4.69, 9.17) is 0 Å². The van der Waals surface area contributed by atoms with E-state index >= 15 is 0 Å². The molecule has 2 fully saturated rings. The number of hydrogen-bond donors (Lipinski definition) is 1. The number of benzene rings is 1. The van der Waals surface area contributed by atoms with Crippen molar-refractivity contribution in [2.75, 3.05) is 24.5 Å². The minimum Gasteiger partial charge on any atom is -0.481 e. The average molecular weight is 578 g/mol. The molecule has 2 aromatic heterocycles. The summed E-state index contributed by atoms with van der Waals surface area (Å²) in [5.41, 5.74) is -2.46. The van der Waals surface area contributed by atoms with Crippen LogP contribution in [0.4, 0.5) is 27.8 Å². The summed E-state index contributed by atoms with van der Waals surface area (Å²) in [4.78, 5) is 31.8. The first-order valence-corrected chi connectivity index (χ1v) is 13.2. The van der Waals surface area contributed by atoms with Gasteiger partial charge in [0.2, 0.25) is 6.41 Å². The molecule has 5 rings (SSSR count). The molecule has 41 heavy (non-hydrogen) atoms. The van der Waals surface area contributed by atoms with E-state index in [0.29, 0.717) is 13.0 Å². The molecule has 3 aromatic rings. The van der Waals surface area contributed by atoms with E-state index < -0.39 is 41.6 Å². The molecule has 1 N–H and O–H groups in total. The van der Waals surface area contributed by atoms with Crippen molar-refractivity contribution in [3.8, 4) is 17.1 Å². The van der Waals surface area contributed by atoms with Gasteiger partial charge in [0.15, 0.2) is 11.6 Å². The second-order valence-electron chi connectivity index (χ2n) is 10.5. The van der Waals surface area contributed by atoms with Crippen molar-refractivity contribution in [1.29, 1.82) is 0 Å². The van der Waals surface area contributed by atoms with Crippen molar-refractivity contribution in [2.24, 2.45) is 5.41 Å². The number of halogens is 5. The highest BCUT2D eigenvalue weighted by Gasteiger charge is 2.58. The lowest BCUT2D eigenvalue weighted by Crippen LogP contribution is -2.49. The highest BCUT2D eigenvalue weighted by atomic mass is 19.4. The predicted octanol–water partition coefficient (Wildman–Crippen LogP) is 5.27. The second kappa shape index (κ2) is 10.8. The molecular formula is C28H28F5N5O3. The maximum Gasteiger partial charge on any atom is 0.417 e. The molecule has 0 spiro atoms. The van der Waals surface area contributed by atoms with Crippen LogP contribution in [0.3, 0.4) is 0 Å². The number of piperidine rings is 1. The van der Waals surface area contributed by atoms with Gasteiger partial charge in [-0.3, -0.25) is 19.4 Å². The van der Waals surface area contributed by atoms with Crippen LogP contribution in [0.25, 0.3) is 17.1 Å². The van der Waals surface area contributed by atoms with Gasteiger partial charge in [-0.05, 0) is 50.4 Å². The Morgan fingerprint density at radius 3 is 2.46 bits per heavy atom. The Hall–Kier alpha value is -3.87. The van der Waals surface area contributed by atoms with Gasteiger partial charge < -0.3 is 5.11 Å². The molecule has 1 saturated heterocycles. The summed E-state index contributed by atoms with van der Waals surface area (Å²) < 4.78 is 71.2. The number of pyridine rings is 1. The molecule has 3 heterocycles. The summed E-state index contributed by atoms with van der Waals surface area (Å²) >= 11 is 0. The monoisotopic (exact) mass is 577 g/mol. The molecule has 8 nitrogen and oxygen atoms in total. The molecule has 13 heteroatoms. The first-order valence-electron chi connectivity index (χ1n) is 13.2. The molecule has 2 aliphatic rings. The smallest absolute Gasteiger partial charge is 0.417 e. The first-order chi connectivity index (χ1) is 19.4. The van der Waals surface area contributed by atoms with Crippen LogP contribution in [-0.4, -0.2) is 68.7 Å².